The van der Waals surface area contributed by atoms with E-state index in [1.165, 1.54) is 17.2 Å². The SMILES string of the molecule is CC1=CC[C@@H](CN2CCN(c3ccc(C(=O)NS(=O)(=O)c4ccc(NCC5CCOCC5)c(C)c4)c(Oc4cnc5[nH]ccc5c4)c3)CC2)[C@@H](c2ccc(Cl)cc2)C1. The lowest BCUT2D eigenvalue weighted by molar-refractivity contribution is 0.0699. The molecule has 8 rings (SSSR count). The van der Waals surface area contributed by atoms with Crippen molar-refractivity contribution in [2.45, 2.75) is 50.3 Å². The lowest BCUT2D eigenvalue weighted by Gasteiger charge is -2.40. The van der Waals surface area contributed by atoms with Crippen LogP contribution in [0.2, 0.25) is 5.02 Å². The molecular formula is C45H51ClN6O5S. The molecule has 3 N–H and O–H groups in total. The molecular weight excluding hydrogens is 772 g/mol. The lowest BCUT2D eigenvalue weighted by atomic mass is 9.75. The van der Waals surface area contributed by atoms with Crippen molar-refractivity contribution in [1.82, 2.24) is 19.6 Å². The molecule has 1 amide bonds. The highest BCUT2D eigenvalue weighted by atomic mass is 35.5. The summed E-state index contributed by atoms with van der Waals surface area (Å²) in [6.45, 7) is 10.8. The Bertz CT molecular complexity index is 2390. The molecule has 13 heteroatoms. The minimum atomic E-state index is -4.21. The molecule has 0 bridgehead atoms. The number of amides is 1. The van der Waals surface area contributed by atoms with Gasteiger partial charge in [0, 0.05) is 86.5 Å². The molecule has 2 atom stereocenters. The third kappa shape index (κ3) is 9.36. The first-order valence-electron chi connectivity index (χ1n) is 20.2. The Labute approximate surface area is 345 Å². The van der Waals surface area contributed by atoms with Crippen LogP contribution in [0.1, 0.15) is 60.0 Å². The number of carbonyl (C=O) groups is 1. The molecule has 0 saturated carbocycles. The van der Waals surface area contributed by atoms with Crippen LogP contribution in [-0.4, -0.2) is 81.7 Å². The van der Waals surface area contributed by atoms with Crippen molar-refractivity contribution >= 4 is 49.9 Å². The van der Waals surface area contributed by atoms with Gasteiger partial charge in [-0.05, 0) is 123 Å². The molecule has 0 radical (unpaired) electrons. The first-order valence-corrected chi connectivity index (χ1v) is 22.1. The number of nitrogens with zero attached hydrogens (tertiary/aromatic N) is 3. The predicted molar refractivity (Wildman–Crippen MR) is 230 cm³/mol. The van der Waals surface area contributed by atoms with Gasteiger partial charge in [0.1, 0.15) is 17.1 Å². The zero-order chi connectivity index (χ0) is 40.2. The largest absolute Gasteiger partial charge is 0.455 e. The summed E-state index contributed by atoms with van der Waals surface area (Å²) in [4.78, 5) is 26.3. The lowest BCUT2D eigenvalue weighted by Crippen LogP contribution is -2.48. The first kappa shape index (κ1) is 39.9. The number of carbonyl (C=O) groups excluding carboxylic acids is 1. The van der Waals surface area contributed by atoms with Gasteiger partial charge in [0.2, 0.25) is 0 Å². The minimum Gasteiger partial charge on any atom is -0.455 e. The van der Waals surface area contributed by atoms with Gasteiger partial charge in [-0.15, -0.1) is 0 Å². The molecule has 11 nitrogen and oxygen atoms in total. The van der Waals surface area contributed by atoms with E-state index in [1.807, 2.05) is 43.3 Å². The molecule has 0 spiro atoms. The third-order valence-electron chi connectivity index (χ3n) is 11.9. The fourth-order valence-electron chi connectivity index (χ4n) is 8.46. The Hall–Kier alpha value is -4.88. The molecule has 2 fully saturated rings. The summed E-state index contributed by atoms with van der Waals surface area (Å²) < 4.78 is 41.4. The van der Waals surface area contributed by atoms with Gasteiger partial charge in [0.15, 0.2) is 0 Å². The fraction of sp³-hybridized carbons (Fsp3) is 0.378. The van der Waals surface area contributed by atoms with Crippen molar-refractivity contribution in [2.75, 3.05) is 62.7 Å². The second kappa shape index (κ2) is 17.5. The van der Waals surface area contributed by atoms with E-state index in [9.17, 15) is 13.2 Å². The zero-order valence-corrected chi connectivity index (χ0v) is 34.6. The van der Waals surface area contributed by atoms with Crippen LogP contribution >= 0.6 is 11.6 Å². The number of halogens is 1. The molecule has 3 aliphatic rings. The van der Waals surface area contributed by atoms with Gasteiger partial charge in [-0.3, -0.25) is 9.69 Å². The number of H-pyrrole nitrogens is 1. The van der Waals surface area contributed by atoms with Crippen LogP contribution in [0.4, 0.5) is 11.4 Å². The van der Waals surface area contributed by atoms with E-state index in [-0.39, 0.29) is 16.2 Å². The van der Waals surface area contributed by atoms with Gasteiger partial charge in [0.05, 0.1) is 16.7 Å². The Balaban J connectivity index is 0.971. The van der Waals surface area contributed by atoms with Crippen molar-refractivity contribution in [3.63, 3.8) is 0 Å². The predicted octanol–water partition coefficient (Wildman–Crippen LogP) is 8.54. The normalized spacial score (nSPS) is 19.5. The molecule has 2 aliphatic heterocycles. The number of allylic oxidation sites excluding steroid dienone is 2. The van der Waals surface area contributed by atoms with Gasteiger partial charge in [-0.25, -0.2) is 18.1 Å². The number of anilines is 2. The molecule has 2 saturated heterocycles. The highest BCUT2D eigenvalue weighted by Crippen LogP contribution is 2.39. The van der Waals surface area contributed by atoms with Crippen molar-refractivity contribution in [3.05, 3.63) is 119 Å². The van der Waals surface area contributed by atoms with Crippen LogP contribution in [0, 0.1) is 18.8 Å². The molecule has 3 aromatic carbocycles. The smallest absolute Gasteiger partial charge is 0.268 e. The molecule has 1 aliphatic carbocycles. The number of sulfonamides is 1. The van der Waals surface area contributed by atoms with Gasteiger partial charge >= 0.3 is 0 Å². The average Bonchev–Trinajstić information content (AvgIpc) is 3.70. The number of pyridine rings is 1. The standard InChI is InChI=1S/C45H51ClN6O5S/c1-30-3-4-35(41(23-30)33-5-7-36(46)8-6-33)29-51-17-19-52(20-18-51)37-9-11-40(43(26-37)57-38-25-34-13-16-47-44(34)49-28-38)45(53)50-58(54,55)39-10-12-42(31(2)24-39)48-27-32-14-21-56-22-15-32/h3,5-13,16,24-26,28,32,35,41,48H,4,14-15,17-23,27,29H2,1-2H3,(H,47,49)(H,50,53)/t35-,41+/m0/s1. The van der Waals surface area contributed by atoms with Gasteiger partial charge < -0.3 is 24.7 Å². The van der Waals surface area contributed by atoms with Gasteiger partial charge in [-0.2, -0.15) is 0 Å². The summed E-state index contributed by atoms with van der Waals surface area (Å²) in [5.74, 6) is 1.35. The Morgan fingerprint density at radius 2 is 1.78 bits per heavy atom. The zero-order valence-electron chi connectivity index (χ0n) is 33.0. The summed E-state index contributed by atoms with van der Waals surface area (Å²) in [7, 11) is -4.21. The topological polar surface area (TPSA) is 129 Å². The summed E-state index contributed by atoms with van der Waals surface area (Å²) >= 11 is 6.23. The Morgan fingerprint density at radius 1 is 0.983 bits per heavy atom. The Kier molecular flexibility index (Phi) is 12.1. The number of fused-ring (bicyclic) bond motifs is 1. The van der Waals surface area contributed by atoms with Crippen molar-refractivity contribution < 1.29 is 22.7 Å². The quantitative estimate of drug-likeness (QED) is 0.106. The van der Waals surface area contributed by atoms with Crippen molar-refractivity contribution in [3.8, 4) is 11.5 Å². The number of nitrogens with one attached hydrogen (secondary N) is 3. The van der Waals surface area contributed by atoms with E-state index < -0.39 is 15.9 Å². The van der Waals surface area contributed by atoms with Crippen molar-refractivity contribution in [1.29, 1.82) is 0 Å². The Morgan fingerprint density at radius 3 is 2.55 bits per heavy atom. The highest BCUT2D eigenvalue weighted by molar-refractivity contribution is 7.90. The number of aromatic nitrogens is 2. The van der Waals surface area contributed by atoms with Crippen LogP contribution in [0.5, 0.6) is 11.5 Å². The van der Waals surface area contributed by atoms with E-state index in [0.29, 0.717) is 29.2 Å². The van der Waals surface area contributed by atoms with Crippen molar-refractivity contribution in [2.24, 2.45) is 11.8 Å². The number of hydrogen-bond donors (Lipinski definition) is 3. The van der Waals surface area contributed by atoms with E-state index in [1.54, 1.807) is 30.6 Å². The van der Waals surface area contributed by atoms with E-state index in [4.69, 9.17) is 21.1 Å². The molecule has 2 aromatic heterocycles. The summed E-state index contributed by atoms with van der Waals surface area (Å²) in [5.41, 5.74) is 6.12. The van der Waals surface area contributed by atoms with Crippen LogP contribution in [0.15, 0.2) is 102 Å². The molecule has 304 valence electrons. The number of piperazine rings is 1. The maximum atomic E-state index is 13.9. The van der Waals surface area contributed by atoms with Gasteiger partial charge in [-0.1, -0.05) is 35.4 Å². The first-order chi connectivity index (χ1) is 28.1. The van der Waals surface area contributed by atoms with Crippen LogP contribution in [-0.2, 0) is 14.8 Å². The highest BCUT2D eigenvalue weighted by Gasteiger charge is 2.30. The number of rotatable bonds is 12. The van der Waals surface area contributed by atoms with E-state index >= 15 is 0 Å². The number of aryl methyl sites for hydroxylation is 1. The van der Waals surface area contributed by atoms with Crippen LogP contribution < -0.4 is 19.7 Å². The summed E-state index contributed by atoms with van der Waals surface area (Å²) in [6.07, 6.45) is 9.89. The van der Waals surface area contributed by atoms with Crippen LogP contribution in [0.3, 0.4) is 0 Å². The molecule has 58 heavy (non-hydrogen) atoms. The van der Waals surface area contributed by atoms with E-state index in [2.05, 4.69) is 54.9 Å². The summed E-state index contributed by atoms with van der Waals surface area (Å²) in [5, 5.41) is 5.07. The maximum absolute atomic E-state index is 13.9. The van der Waals surface area contributed by atoms with Gasteiger partial charge in [0.25, 0.3) is 15.9 Å². The minimum absolute atomic E-state index is 0.00732. The number of hydrogen-bond acceptors (Lipinski definition) is 9. The summed E-state index contributed by atoms with van der Waals surface area (Å²) in [6, 6.07) is 22.3. The molecule has 5 aromatic rings. The fourth-order valence-corrected chi connectivity index (χ4v) is 9.64. The number of benzene rings is 3. The maximum Gasteiger partial charge on any atom is 0.268 e. The third-order valence-corrected chi connectivity index (χ3v) is 13.5. The monoisotopic (exact) mass is 822 g/mol. The number of aromatic amines is 1. The number of ether oxygens (including phenoxy) is 2. The second-order valence-corrected chi connectivity index (χ2v) is 18.0. The molecule has 0 unspecified atom stereocenters. The van der Waals surface area contributed by atoms with E-state index in [0.717, 1.165) is 106 Å². The second-order valence-electron chi connectivity index (χ2n) is 15.9. The average molecular weight is 823 g/mol. The molecule has 4 heterocycles. The van der Waals surface area contributed by atoms with Crippen LogP contribution in [0.25, 0.3) is 11.0 Å².